The van der Waals surface area contributed by atoms with Gasteiger partial charge in [0.05, 0.1) is 12.6 Å². The van der Waals surface area contributed by atoms with Crippen LogP contribution in [0.4, 0.5) is 25.1 Å². The van der Waals surface area contributed by atoms with Gasteiger partial charge in [0, 0.05) is 0 Å². The molecule has 0 aromatic carbocycles. The van der Waals surface area contributed by atoms with Crippen molar-refractivity contribution in [3.8, 4) is 0 Å². The number of rotatable bonds is 4. The largest absolute Gasteiger partial charge is 0.423 e. The molecule has 0 spiro atoms. The maximum Gasteiger partial charge on any atom is 0.397 e. The number of hydrogen-bond acceptors (Lipinski definition) is 9. The molecule has 12 heteroatoms. The summed E-state index contributed by atoms with van der Waals surface area (Å²) in [5.41, 5.74) is 11.1. The normalized spacial score (nSPS) is 19.2. The summed E-state index contributed by atoms with van der Waals surface area (Å²) < 4.78 is 42.6. The lowest BCUT2D eigenvalue weighted by Gasteiger charge is -2.32. The van der Waals surface area contributed by atoms with Gasteiger partial charge in [0.15, 0.2) is 0 Å². The number of nitrogens with two attached hydrogens (primary N) is 2. The third-order valence-corrected chi connectivity index (χ3v) is 3.79. The molecule has 1 aliphatic rings. The van der Waals surface area contributed by atoms with Crippen LogP contribution in [0.15, 0.2) is 4.42 Å². The Bertz CT molecular complexity index is 714. The van der Waals surface area contributed by atoms with Gasteiger partial charge < -0.3 is 15.9 Å². The van der Waals surface area contributed by atoms with E-state index in [4.69, 9.17) is 15.9 Å². The van der Waals surface area contributed by atoms with Crippen molar-refractivity contribution in [3.63, 3.8) is 0 Å². The average Bonchev–Trinajstić information content (AvgIpc) is 2.93. The van der Waals surface area contributed by atoms with Crippen molar-refractivity contribution >= 4 is 11.9 Å². The first-order valence-corrected chi connectivity index (χ1v) is 7.69. The van der Waals surface area contributed by atoms with E-state index < -0.39 is 18.5 Å². The summed E-state index contributed by atoms with van der Waals surface area (Å²) in [6.07, 6.45) is -3.12. The van der Waals surface area contributed by atoms with E-state index in [-0.39, 0.29) is 23.8 Å². The second-order valence-electron chi connectivity index (χ2n) is 5.78. The lowest BCUT2D eigenvalue weighted by atomic mass is 10.0. The molecule has 3 rings (SSSR count). The molecule has 25 heavy (non-hydrogen) atoms. The highest BCUT2D eigenvalue weighted by molar-refractivity contribution is 5.25. The van der Waals surface area contributed by atoms with Crippen LogP contribution in [0.2, 0.25) is 0 Å². The molecule has 1 fully saturated rings. The van der Waals surface area contributed by atoms with Crippen LogP contribution in [0, 0.1) is 0 Å². The Kier molecular flexibility index (Phi) is 4.70. The van der Waals surface area contributed by atoms with E-state index in [0.717, 1.165) is 12.8 Å². The third kappa shape index (κ3) is 4.53. The van der Waals surface area contributed by atoms with Gasteiger partial charge in [-0.2, -0.15) is 28.1 Å². The highest BCUT2D eigenvalue weighted by Crippen LogP contribution is 2.32. The van der Waals surface area contributed by atoms with E-state index in [1.165, 1.54) is 0 Å². The Balaban J connectivity index is 1.77. The average molecular weight is 358 g/mol. The highest BCUT2D eigenvalue weighted by atomic mass is 19.4. The fourth-order valence-electron chi connectivity index (χ4n) is 2.81. The number of nitrogen functional groups attached to an aromatic ring is 2. The molecule has 0 saturated carbocycles. The SMILES string of the molecule is Nc1nc(N)nc(CN2CCCC[C@@H]2c2nnc(CC(F)(F)F)o2)n1. The second-order valence-corrected chi connectivity index (χ2v) is 5.78. The topological polar surface area (TPSA) is 133 Å². The number of nitrogens with zero attached hydrogens (tertiary/aromatic N) is 6. The molecule has 2 aromatic rings. The van der Waals surface area contributed by atoms with Crippen molar-refractivity contribution < 1.29 is 17.6 Å². The minimum absolute atomic E-state index is 0.0151. The number of piperidine rings is 1. The summed E-state index contributed by atoms with van der Waals surface area (Å²) >= 11 is 0. The van der Waals surface area contributed by atoms with Crippen LogP contribution in [0.3, 0.4) is 0 Å². The number of halogens is 3. The summed E-state index contributed by atoms with van der Waals surface area (Å²) in [4.78, 5) is 13.7. The van der Waals surface area contributed by atoms with E-state index in [1.54, 1.807) is 0 Å². The first kappa shape index (κ1) is 17.3. The molecule has 0 aliphatic carbocycles. The minimum atomic E-state index is -4.39. The fourth-order valence-corrected chi connectivity index (χ4v) is 2.81. The van der Waals surface area contributed by atoms with Crippen molar-refractivity contribution in [1.82, 2.24) is 30.0 Å². The molecule has 4 N–H and O–H groups in total. The van der Waals surface area contributed by atoms with E-state index in [0.29, 0.717) is 25.3 Å². The molecule has 9 nitrogen and oxygen atoms in total. The molecule has 136 valence electrons. The van der Waals surface area contributed by atoms with Crippen molar-refractivity contribution in [2.45, 2.75) is 44.4 Å². The van der Waals surface area contributed by atoms with Crippen LogP contribution < -0.4 is 11.5 Å². The summed E-state index contributed by atoms with van der Waals surface area (Å²) in [5, 5.41) is 7.29. The number of likely N-dealkylation sites (tertiary alicyclic amines) is 1. The van der Waals surface area contributed by atoms with Crippen LogP contribution in [-0.4, -0.2) is 42.8 Å². The molecule has 1 saturated heterocycles. The van der Waals surface area contributed by atoms with Gasteiger partial charge in [-0.15, -0.1) is 10.2 Å². The molecule has 1 atom stereocenters. The van der Waals surface area contributed by atoms with E-state index in [1.807, 2.05) is 4.90 Å². The predicted molar refractivity (Wildman–Crippen MR) is 79.7 cm³/mol. The zero-order chi connectivity index (χ0) is 18.0. The molecule has 0 bridgehead atoms. The van der Waals surface area contributed by atoms with Gasteiger partial charge in [0.2, 0.25) is 23.7 Å². The van der Waals surface area contributed by atoms with Crippen LogP contribution in [0.5, 0.6) is 0 Å². The first-order valence-electron chi connectivity index (χ1n) is 7.69. The zero-order valence-corrected chi connectivity index (χ0v) is 13.2. The molecular weight excluding hydrogens is 341 g/mol. The Hall–Kier alpha value is -2.50. The highest BCUT2D eigenvalue weighted by Gasteiger charge is 2.33. The van der Waals surface area contributed by atoms with Gasteiger partial charge in [-0.1, -0.05) is 6.42 Å². The molecular formula is C13H17F3N8O. The van der Waals surface area contributed by atoms with Gasteiger partial charge >= 0.3 is 6.18 Å². The summed E-state index contributed by atoms with van der Waals surface area (Å²) in [7, 11) is 0. The van der Waals surface area contributed by atoms with E-state index in [2.05, 4.69) is 25.1 Å². The second kappa shape index (κ2) is 6.78. The van der Waals surface area contributed by atoms with Crippen LogP contribution in [-0.2, 0) is 13.0 Å². The quantitative estimate of drug-likeness (QED) is 0.828. The molecule has 3 heterocycles. The van der Waals surface area contributed by atoms with Gasteiger partial charge in [-0.3, -0.25) is 4.90 Å². The molecule has 1 aliphatic heterocycles. The van der Waals surface area contributed by atoms with Gasteiger partial charge in [-0.05, 0) is 19.4 Å². The van der Waals surface area contributed by atoms with Gasteiger partial charge in [0.1, 0.15) is 12.2 Å². The predicted octanol–water partition coefficient (Wildman–Crippen LogP) is 1.25. The molecule has 2 aromatic heterocycles. The smallest absolute Gasteiger partial charge is 0.397 e. The Morgan fingerprint density at radius 3 is 2.48 bits per heavy atom. The van der Waals surface area contributed by atoms with Gasteiger partial charge in [0.25, 0.3) is 0 Å². The third-order valence-electron chi connectivity index (χ3n) is 3.79. The standard InChI is InChI=1S/C13H17F3N8O/c14-13(15,16)5-9-22-23-10(25-9)7-3-1-2-4-24(7)6-8-19-11(17)21-12(18)20-8/h7H,1-6H2,(H4,17,18,19,20,21)/t7-/m1/s1. The zero-order valence-electron chi connectivity index (χ0n) is 13.2. The first-order chi connectivity index (χ1) is 11.8. The summed E-state index contributed by atoms with van der Waals surface area (Å²) in [6.45, 7) is 0.992. The maximum absolute atomic E-state index is 12.4. The van der Waals surface area contributed by atoms with Crippen LogP contribution in [0.1, 0.15) is 42.9 Å². The maximum atomic E-state index is 12.4. The van der Waals surface area contributed by atoms with Gasteiger partial charge in [-0.25, -0.2) is 0 Å². The van der Waals surface area contributed by atoms with E-state index >= 15 is 0 Å². The Morgan fingerprint density at radius 1 is 1.08 bits per heavy atom. The minimum Gasteiger partial charge on any atom is -0.423 e. The molecule has 0 unspecified atom stereocenters. The van der Waals surface area contributed by atoms with Crippen LogP contribution in [0.25, 0.3) is 0 Å². The van der Waals surface area contributed by atoms with Crippen molar-refractivity contribution in [3.05, 3.63) is 17.6 Å². The fraction of sp³-hybridized carbons (Fsp3) is 0.615. The lowest BCUT2D eigenvalue weighted by molar-refractivity contribution is -0.131. The van der Waals surface area contributed by atoms with E-state index in [9.17, 15) is 13.2 Å². The monoisotopic (exact) mass is 358 g/mol. The number of aromatic nitrogens is 5. The lowest BCUT2D eigenvalue weighted by Crippen LogP contribution is -2.34. The van der Waals surface area contributed by atoms with Crippen molar-refractivity contribution in [2.75, 3.05) is 18.0 Å². The summed E-state index contributed by atoms with van der Waals surface area (Å²) in [5.74, 6) is 0.130. The van der Waals surface area contributed by atoms with Crippen molar-refractivity contribution in [2.24, 2.45) is 0 Å². The molecule has 0 radical (unpaired) electrons. The number of alkyl halides is 3. The summed E-state index contributed by atoms with van der Waals surface area (Å²) in [6, 6.07) is -0.303. The Morgan fingerprint density at radius 2 is 1.80 bits per heavy atom. The number of anilines is 2. The van der Waals surface area contributed by atoms with Crippen molar-refractivity contribution in [1.29, 1.82) is 0 Å². The Labute approximate surface area is 140 Å². The van der Waals surface area contributed by atoms with Crippen LogP contribution >= 0.6 is 0 Å². The number of hydrogen-bond donors (Lipinski definition) is 2. The molecule has 0 amide bonds.